The molecule has 0 atom stereocenters. The number of ether oxygens (including phenoxy) is 2. The Morgan fingerprint density at radius 3 is 1.32 bits per heavy atom. The van der Waals surface area contributed by atoms with Gasteiger partial charge in [0.1, 0.15) is 30.5 Å². The van der Waals surface area contributed by atoms with Crippen molar-refractivity contribution in [3.05, 3.63) is 197 Å². The van der Waals surface area contributed by atoms with E-state index < -0.39 is 0 Å². The molecule has 0 spiro atoms. The van der Waals surface area contributed by atoms with Crippen LogP contribution in [0.1, 0.15) is 51.8 Å². The fraction of sp³-hybridized carbons (Fsp3) is 0.184. The summed E-state index contributed by atoms with van der Waals surface area (Å²) in [7, 11) is 0. The molecule has 0 heterocycles. The summed E-state index contributed by atoms with van der Waals surface area (Å²) in [5.41, 5.74) is 12.2. The molecular formula is C49H47Cl2NO4. The van der Waals surface area contributed by atoms with Crippen molar-refractivity contribution in [3.63, 3.8) is 0 Å². The van der Waals surface area contributed by atoms with E-state index in [-0.39, 0.29) is 19.0 Å². The monoisotopic (exact) mass is 783 g/mol. The van der Waals surface area contributed by atoms with Crippen LogP contribution in [-0.2, 0) is 6.54 Å². The Bertz CT molecular complexity index is 2150. The third-order valence-corrected chi connectivity index (χ3v) is 9.84. The lowest BCUT2D eigenvalue weighted by molar-refractivity contribution is 0.201. The van der Waals surface area contributed by atoms with Crippen molar-refractivity contribution < 1.29 is 19.7 Å². The molecule has 286 valence electrons. The first kappa shape index (κ1) is 40.4. The van der Waals surface area contributed by atoms with Crippen LogP contribution < -0.4 is 14.8 Å². The summed E-state index contributed by atoms with van der Waals surface area (Å²) in [5, 5.41) is 22.7. The van der Waals surface area contributed by atoms with Crippen molar-refractivity contribution in [1.29, 1.82) is 0 Å². The number of rotatable bonds is 19. The van der Waals surface area contributed by atoms with Crippen LogP contribution in [0.2, 0.25) is 0 Å². The molecule has 0 unspecified atom stereocenters. The fourth-order valence-electron chi connectivity index (χ4n) is 6.82. The molecule has 7 heteroatoms. The lowest BCUT2D eigenvalue weighted by Crippen LogP contribution is -2.20. The van der Waals surface area contributed by atoms with Crippen LogP contribution in [0.4, 0.5) is 0 Å². The van der Waals surface area contributed by atoms with Gasteiger partial charge < -0.3 is 25.0 Å². The number of phenols is 1. The smallest absolute Gasteiger partial charge is 0.119 e. The van der Waals surface area contributed by atoms with Crippen LogP contribution in [0, 0.1) is 0 Å². The highest BCUT2D eigenvalue weighted by molar-refractivity contribution is 6.19. The second-order valence-electron chi connectivity index (χ2n) is 13.2. The van der Waals surface area contributed by atoms with E-state index in [2.05, 4.69) is 90.2 Å². The summed E-state index contributed by atoms with van der Waals surface area (Å²) in [5.74, 6) is 2.73. The number of aliphatic hydroxyl groups excluding tert-OH is 1. The predicted molar refractivity (Wildman–Crippen MR) is 233 cm³/mol. The molecule has 0 saturated heterocycles. The normalized spacial score (nSPS) is 12.1. The van der Waals surface area contributed by atoms with Gasteiger partial charge in [-0.05, 0) is 110 Å². The lowest BCUT2D eigenvalue weighted by atomic mass is 9.88. The molecule has 0 aromatic heterocycles. The number of halogens is 2. The van der Waals surface area contributed by atoms with E-state index in [1.807, 2.05) is 60.7 Å². The second-order valence-corrected chi connectivity index (χ2v) is 14.0. The second kappa shape index (κ2) is 21.1. The van der Waals surface area contributed by atoms with Crippen LogP contribution in [-0.4, -0.2) is 48.3 Å². The minimum absolute atomic E-state index is 0.0298. The van der Waals surface area contributed by atoms with Gasteiger partial charge in [-0.1, -0.05) is 121 Å². The summed E-state index contributed by atoms with van der Waals surface area (Å²) in [6, 6.07) is 52.9. The van der Waals surface area contributed by atoms with E-state index in [4.69, 9.17) is 32.7 Å². The van der Waals surface area contributed by atoms with E-state index in [9.17, 15) is 10.2 Å². The molecule has 6 aromatic carbocycles. The molecule has 0 bridgehead atoms. The van der Waals surface area contributed by atoms with Gasteiger partial charge in [-0.2, -0.15) is 0 Å². The van der Waals surface area contributed by atoms with Crippen LogP contribution in [0.15, 0.2) is 158 Å². The van der Waals surface area contributed by atoms with Gasteiger partial charge in [0.25, 0.3) is 0 Å². The maximum atomic E-state index is 9.98. The molecule has 0 aliphatic heterocycles. The SMILES string of the molecule is OCCOc1ccc(/C(=C(/CCCl)c2ccccc2)c2ccc(CNCCOc3ccc(/C(=C(/CCCl)c4ccccc4)c4ccc(O)cc4)cc3)cc2)cc1. The molecule has 6 rings (SSSR count). The standard InChI is InChI=1S/C49H47Cl2NO4/c50-29-27-46(37-7-3-1-4-8-37)48(41-19-25-45(26-20-41)56-34-32-53)39-13-11-36(12-14-39)35-52-31-33-55-44-23-17-42(18-24-44)49(40-15-21-43(54)22-16-40)47(28-30-51)38-9-5-2-6-10-38/h1-26,52-54H,27-35H2/b48-46-,49-47-. The fourth-order valence-corrected chi connectivity index (χ4v) is 7.19. The van der Waals surface area contributed by atoms with Crippen LogP contribution in [0.5, 0.6) is 17.2 Å². The molecule has 0 radical (unpaired) electrons. The Kier molecular flexibility index (Phi) is 15.2. The summed E-state index contributed by atoms with van der Waals surface area (Å²) >= 11 is 12.7. The minimum Gasteiger partial charge on any atom is -0.508 e. The molecule has 5 nitrogen and oxygen atoms in total. The number of nitrogens with one attached hydrogen (secondary N) is 1. The number of alkyl halides is 2. The Balaban J connectivity index is 1.12. The minimum atomic E-state index is -0.0298. The first-order chi connectivity index (χ1) is 27.6. The van der Waals surface area contributed by atoms with Gasteiger partial charge in [0, 0.05) is 24.8 Å². The van der Waals surface area contributed by atoms with E-state index >= 15 is 0 Å². The third kappa shape index (κ3) is 10.9. The summed E-state index contributed by atoms with van der Waals surface area (Å²) < 4.78 is 11.8. The Morgan fingerprint density at radius 2 is 0.893 bits per heavy atom. The molecule has 56 heavy (non-hydrogen) atoms. The highest BCUT2D eigenvalue weighted by atomic mass is 35.5. The van der Waals surface area contributed by atoms with Crippen molar-refractivity contribution in [1.82, 2.24) is 5.32 Å². The Morgan fingerprint density at radius 1 is 0.482 bits per heavy atom. The highest BCUT2D eigenvalue weighted by Crippen LogP contribution is 2.37. The molecule has 6 aromatic rings. The van der Waals surface area contributed by atoms with Gasteiger partial charge in [-0.25, -0.2) is 0 Å². The summed E-state index contributed by atoms with van der Waals surface area (Å²) in [4.78, 5) is 0. The van der Waals surface area contributed by atoms with E-state index in [1.54, 1.807) is 12.1 Å². The zero-order chi connectivity index (χ0) is 39.0. The number of aliphatic hydroxyl groups is 1. The van der Waals surface area contributed by atoms with Crippen LogP contribution in [0.3, 0.4) is 0 Å². The number of hydrogen-bond acceptors (Lipinski definition) is 5. The number of phenolic OH excluding ortho intramolecular Hbond substituents is 1. The van der Waals surface area contributed by atoms with Crippen molar-refractivity contribution in [2.24, 2.45) is 0 Å². The molecule has 0 saturated carbocycles. The maximum Gasteiger partial charge on any atom is 0.119 e. The first-order valence-corrected chi connectivity index (χ1v) is 20.0. The third-order valence-electron chi connectivity index (χ3n) is 9.46. The predicted octanol–water partition coefficient (Wildman–Crippen LogP) is 11.1. The number of allylic oxidation sites excluding steroid dienone is 2. The largest absolute Gasteiger partial charge is 0.508 e. The van der Waals surface area contributed by atoms with Crippen molar-refractivity contribution in [2.45, 2.75) is 19.4 Å². The molecule has 0 amide bonds. The number of aromatic hydroxyl groups is 1. The highest BCUT2D eigenvalue weighted by Gasteiger charge is 2.16. The topological polar surface area (TPSA) is 71.0 Å². The van der Waals surface area contributed by atoms with Gasteiger partial charge in [0.2, 0.25) is 0 Å². The number of benzene rings is 6. The summed E-state index contributed by atoms with van der Waals surface area (Å²) in [6.45, 7) is 2.13. The van der Waals surface area contributed by atoms with Gasteiger partial charge in [-0.3, -0.25) is 0 Å². The van der Waals surface area contributed by atoms with E-state index in [1.165, 1.54) is 11.1 Å². The van der Waals surface area contributed by atoms with Crippen molar-refractivity contribution in [2.75, 3.05) is 38.1 Å². The molecule has 0 aliphatic rings. The zero-order valence-corrected chi connectivity index (χ0v) is 32.9. The zero-order valence-electron chi connectivity index (χ0n) is 31.3. The Labute approximate surface area is 340 Å². The average molecular weight is 785 g/mol. The lowest BCUT2D eigenvalue weighted by Gasteiger charge is -2.18. The molecule has 3 N–H and O–H groups in total. The van der Waals surface area contributed by atoms with Gasteiger partial charge in [0.05, 0.1) is 6.61 Å². The van der Waals surface area contributed by atoms with E-state index in [0.29, 0.717) is 44.3 Å². The maximum absolute atomic E-state index is 9.98. The first-order valence-electron chi connectivity index (χ1n) is 18.9. The van der Waals surface area contributed by atoms with Gasteiger partial charge >= 0.3 is 0 Å². The quantitative estimate of drug-likeness (QED) is 0.0433. The van der Waals surface area contributed by atoms with Gasteiger partial charge in [0.15, 0.2) is 0 Å². The Hall–Kier alpha value is -5.30. The average Bonchev–Trinajstić information content (AvgIpc) is 3.25. The summed E-state index contributed by atoms with van der Waals surface area (Å²) in [6.07, 6.45) is 1.42. The molecular weight excluding hydrogens is 737 g/mol. The van der Waals surface area contributed by atoms with Crippen LogP contribution in [0.25, 0.3) is 22.3 Å². The molecule has 0 aliphatic carbocycles. The molecule has 0 fully saturated rings. The van der Waals surface area contributed by atoms with Crippen molar-refractivity contribution >= 4 is 45.5 Å². The van der Waals surface area contributed by atoms with Crippen LogP contribution >= 0.6 is 23.2 Å². The van der Waals surface area contributed by atoms with Gasteiger partial charge in [-0.15, -0.1) is 23.2 Å². The van der Waals surface area contributed by atoms with Crippen molar-refractivity contribution in [3.8, 4) is 17.2 Å². The van der Waals surface area contributed by atoms with E-state index in [0.717, 1.165) is 61.6 Å². The number of hydrogen-bond donors (Lipinski definition) is 3.